The van der Waals surface area contributed by atoms with Gasteiger partial charge in [0.2, 0.25) is 0 Å². The number of nitrogens with one attached hydrogen (secondary N) is 1. The molecule has 2 unspecified atom stereocenters. The van der Waals surface area contributed by atoms with Crippen molar-refractivity contribution in [3.05, 3.63) is 35.4 Å². The van der Waals surface area contributed by atoms with Gasteiger partial charge in [0.05, 0.1) is 12.6 Å². The molecule has 3 fully saturated rings. The summed E-state index contributed by atoms with van der Waals surface area (Å²) in [5.41, 5.74) is 2.97. The Hall–Kier alpha value is -2.28. The van der Waals surface area contributed by atoms with Crippen LogP contribution in [0.25, 0.3) is 0 Å². The van der Waals surface area contributed by atoms with Gasteiger partial charge in [-0.15, -0.1) is 0 Å². The Kier molecular flexibility index (Phi) is 6.97. The molecule has 1 aromatic rings. The largest absolute Gasteiger partial charge is 0.450 e. The van der Waals surface area contributed by atoms with Crippen molar-refractivity contribution < 1.29 is 14.3 Å². The number of benzene rings is 1. The molecule has 4 aliphatic rings. The molecule has 0 aromatic heterocycles. The van der Waals surface area contributed by atoms with Crippen molar-refractivity contribution in [2.24, 2.45) is 0 Å². The number of nitrogens with zero attached hydrogens (tertiary/aromatic N) is 3. The Bertz CT molecular complexity index is 927. The summed E-state index contributed by atoms with van der Waals surface area (Å²) in [5.74, 6) is 0. The van der Waals surface area contributed by atoms with Gasteiger partial charge in [0, 0.05) is 32.2 Å². The summed E-state index contributed by atoms with van der Waals surface area (Å²) < 4.78 is 5.40. The molecule has 1 aromatic carbocycles. The van der Waals surface area contributed by atoms with E-state index in [1.54, 1.807) is 19.0 Å². The van der Waals surface area contributed by atoms with E-state index in [1.165, 1.54) is 30.4 Å². The molecule has 3 heterocycles. The van der Waals surface area contributed by atoms with Gasteiger partial charge in [0.25, 0.3) is 0 Å². The first-order valence-corrected chi connectivity index (χ1v) is 13.7. The molecule has 1 aliphatic carbocycles. The Morgan fingerprint density at radius 3 is 2.40 bits per heavy atom. The Balaban J connectivity index is 1.26. The maximum absolute atomic E-state index is 12.6. The standard InChI is InChI=1S/C28H42N4O3/c1-4-35-27(34)32-20-9-11-21(19-22(32)12-10-20)31-17-15-28(16-18-31)14-13-25(29-26(33)30(2)3)23-7-5-6-8-24(23)28/h5-8,20-22,25H,4,9-19H2,1-3H3,(H,29,33)/t20?,21-,22?,25+/m0/s1. The van der Waals surface area contributed by atoms with E-state index in [1.807, 2.05) is 6.92 Å². The molecule has 0 radical (unpaired) electrons. The zero-order valence-electron chi connectivity index (χ0n) is 21.7. The quantitative estimate of drug-likeness (QED) is 0.680. The topological polar surface area (TPSA) is 65.1 Å². The van der Waals surface area contributed by atoms with Gasteiger partial charge in [0.1, 0.15) is 0 Å². The van der Waals surface area contributed by atoms with Gasteiger partial charge < -0.3 is 24.8 Å². The molecule has 0 saturated carbocycles. The first-order chi connectivity index (χ1) is 16.9. The van der Waals surface area contributed by atoms with E-state index < -0.39 is 0 Å². The number of ether oxygens (including phenoxy) is 1. The molecule has 3 amide bonds. The van der Waals surface area contributed by atoms with Gasteiger partial charge in [-0.2, -0.15) is 0 Å². The van der Waals surface area contributed by atoms with Crippen molar-refractivity contribution in [1.29, 1.82) is 0 Å². The van der Waals surface area contributed by atoms with E-state index in [-0.39, 0.29) is 23.6 Å². The van der Waals surface area contributed by atoms with E-state index in [2.05, 4.69) is 39.4 Å². The SMILES string of the molecule is CCOC(=O)N1C2CCC1C[C@@H](N1CCC3(CC[C@@H](NC(=O)N(C)C)c4ccccc43)CC1)CC2. The molecular weight excluding hydrogens is 440 g/mol. The first kappa shape index (κ1) is 24.4. The molecule has 3 saturated heterocycles. The van der Waals surface area contributed by atoms with E-state index in [9.17, 15) is 9.59 Å². The molecule has 1 N–H and O–H groups in total. The number of carbonyl (C=O) groups is 2. The molecule has 5 rings (SSSR count). The minimum Gasteiger partial charge on any atom is -0.450 e. The molecular formula is C28H42N4O3. The predicted molar refractivity (Wildman–Crippen MR) is 136 cm³/mol. The number of urea groups is 1. The maximum atomic E-state index is 12.6. The molecule has 35 heavy (non-hydrogen) atoms. The number of likely N-dealkylation sites (tertiary alicyclic amines) is 1. The number of hydrogen-bond donors (Lipinski definition) is 1. The summed E-state index contributed by atoms with van der Waals surface area (Å²) in [4.78, 5) is 31.4. The summed E-state index contributed by atoms with van der Waals surface area (Å²) in [6.45, 7) is 4.58. The Morgan fingerprint density at radius 1 is 1.00 bits per heavy atom. The third-order valence-corrected chi connectivity index (χ3v) is 9.27. The highest BCUT2D eigenvalue weighted by molar-refractivity contribution is 5.74. The minimum absolute atomic E-state index is 0.0184. The number of piperidine rings is 1. The average molecular weight is 483 g/mol. The van der Waals surface area contributed by atoms with Crippen LogP contribution in [0.5, 0.6) is 0 Å². The van der Waals surface area contributed by atoms with Crippen LogP contribution in [0, 0.1) is 0 Å². The Labute approximate surface area is 210 Å². The average Bonchev–Trinajstić information content (AvgIpc) is 3.16. The summed E-state index contributed by atoms with van der Waals surface area (Å²) in [5, 5.41) is 3.24. The van der Waals surface area contributed by atoms with Crippen molar-refractivity contribution in [2.45, 2.75) is 94.3 Å². The molecule has 7 heteroatoms. The second-order valence-corrected chi connectivity index (χ2v) is 11.3. The van der Waals surface area contributed by atoms with Crippen molar-refractivity contribution in [3.8, 4) is 0 Å². The summed E-state index contributed by atoms with van der Waals surface area (Å²) in [7, 11) is 3.60. The summed E-state index contributed by atoms with van der Waals surface area (Å²) >= 11 is 0. The van der Waals surface area contributed by atoms with Crippen LogP contribution in [-0.4, -0.2) is 78.7 Å². The van der Waals surface area contributed by atoms with Crippen LogP contribution in [0.3, 0.4) is 0 Å². The fraction of sp³-hybridized carbons (Fsp3) is 0.714. The fourth-order valence-electron chi connectivity index (χ4n) is 7.38. The molecule has 3 aliphatic heterocycles. The normalized spacial score (nSPS) is 29.9. The fourth-order valence-corrected chi connectivity index (χ4v) is 7.38. The number of carbonyl (C=O) groups excluding carboxylic acids is 2. The number of hydrogen-bond acceptors (Lipinski definition) is 4. The number of fused-ring (bicyclic) bond motifs is 4. The zero-order chi connectivity index (χ0) is 24.6. The van der Waals surface area contributed by atoms with Crippen LogP contribution < -0.4 is 5.32 Å². The molecule has 4 atom stereocenters. The van der Waals surface area contributed by atoms with Gasteiger partial charge >= 0.3 is 12.1 Å². The molecule has 1 spiro atoms. The first-order valence-electron chi connectivity index (χ1n) is 13.7. The van der Waals surface area contributed by atoms with Gasteiger partial charge in [-0.3, -0.25) is 0 Å². The third kappa shape index (κ3) is 4.64. The molecule has 7 nitrogen and oxygen atoms in total. The molecule has 192 valence electrons. The zero-order valence-corrected chi connectivity index (χ0v) is 21.7. The van der Waals surface area contributed by atoms with Crippen LogP contribution in [-0.2, 0) is 10.2 Å². The number of amides is 3. The van der Waals surface area contributed by atoms with Crippen LogP contribution in [0.4, 0.5) is 9.59 Å². The predicted octanol–water partition coefficient (Wildman–Crippen LogP) is 4.67. The lowest BCUT2D eigenvalue weighted by Gasteiger charge is -2.49. The van der Waals surface area contributed by atoms with Gasteiger partial charge in [-0.1, -0.05) is 24.3 Å². The van der Waals surface area contributed by atoms with Crippen molar-refractivity contribution in [2.75, 3.05) is 33.8 Å². The second-order valence-electron chi connectivity index (χ2n) is 11.3. The van der Waals surface area contributed by atoms with Crippen molar-refractivity contribution >= 4 is 12.1 Å². The van der Waals surface area contributed by atoms with Gasteiger partial charge in [-0.05, 0) is 94.3 Å². The van der Waals surface area contributed by atoms with Crippen molar-refractivity contribution in [1.82, 2.24) is 20.0 Å². The van der Waals surface area contributed by atoms with E-state index in [4.69, 9.17) is 4.74 Å². The lowest BCUT2D eigenvalue weighted by atomic mass is 9.63. The molecule has 2 bridgehead atoms. The van der Waals surface area contributed by atoms with E-state index in [0.29, 0.717) is 24.7 Å². The smallest absolute Gasteiger partial charge is 0.410 e. The highest BCUT2D eigenvalue weighted by Crippen LogP contribution is 2.49. The summed E-state index contributed by atoms with van der Waals surface area (Å²) in [6.07, 6.45) is 9.96. The minimum atomic E-state index is -0.104. The lowest BCUT2D eigenvalue weighted by molar-refractivity contribution is 0.0765. The lowest BCUT2D eigenvalue weighted by Crippen LogP contribution is -2.50. The van der Waals surface area contributed by atoms with E-state index in [0.717, 1.165) is 51.6 Å². The number of rotatable bonds is 3. The van der Waals surface area contributed by atoms with Crippen LogP contribution >= 0.6 is 0 Å². The third-order valence-electron chi connectivity index (χ3n) is 9.27. The monoisotopic (exact) mass is 482 g/mol. The van der Waals surface area contributed by atoms with Crippen LogP contribution in [0.1, 0.15) is 81.9 Å². The highest BCUT2D eigenvalue weighted by atomic mass is 16.6. The summed E-state index contributed by atoms with van der Waals surface area (Å²) in [6, 6.07) is 10.1. The van der Waals surface area contributed by atoms with Crippen LogP contribution in [0.15, 0.2) is 24.3 Å². The van der Waals surface area contributed by atoms with E-state index >= 15 is 0 Å². The second kappa shape index (κ2) is 10.00. The van der Waals surface area contributed by atoms with Crippen LogP contribution in [0.2, 0.25) is 0 Å². The van der Waals surface area contributed by atoms with Gasteiger partial charge in [-0.25, -0.2) is 9.59 Å². The highest BCUT2D eigenvalue weighted by Gasteiger charge is 2.46. The van der Waals surface area contributed by atoms with Crippen molar-refractivity contribution in [3.63, 3.8) is 0 Å². The maximum Gasteiger partial charge on any atom is 0.410 e. The Morgan fingerprint density at radius 2 is 1.69 bits per heavy atom. The van der Waals surface area contributed by atoms with Gasteiger partial charge in [0.15, 0.2) is 0 Å².